The molecule has 1 aromatic rings. The summed E-state index contributed by atoms with van der Waals surface area (Å²) in [5.74, 6) is 0.0741. The van der Waals surface area contributed by atoms with Crippen LogP contribution in [0.1, 0.15) is 30.9 Å². The van der Waals surface area contributed by atoms with Gasteiger partial charge in [-0.1, -0.05) is 18.2 Å². The molecular formula is C24H31NO5. The summed E-state index contributed by atoms with van der Waals surface area (Å²) in [7, 11) is 7.24. The molecule has 2 aliphatic heterocycles. The van der Waals surface area contributed by atoms with E-state index in [4.69, 9.17) is 18.9 Å². The molecule has 7 rings (SSSR count). The van der Waals surface area contributed by atoms with Crippen molar-refractivity contribution in [2.45, 2.75) is 55.1 Å². The number of nitrogens with zero attached hydrogens (tertiary/aromatic N) is 1. The molecule has 0 aromatic heterocycles. The fourth-order valence-electron chi connectivity index (χ4n) is 7.96. The maximum Gasteiger partial charge on any atom is 0.168 e. The average Bonchev–Trinajstić information content (AvgIpc) is 3.13. The van der Waals surface area contributed by atoms with E-state index in [9.17, 15) is 5.11 Å². The Labute approximate surface area is 177 Å². The van der Waals surface area contributed by atoms with E-state index in [0.29, 0.717) is 6.04 Å². The van der Waals surface area contributed by atoms with Gasteiger partial charge in [0.15, 0.2) is 17.3 Å². The van der Waals surface area contributed by atoms with Gasteiger partial charge in [0.05, 0.1) is 12.5 Å². The summed E-state index contributed by atoms with van der Waals surface area (Å²) in [6, 6.07) is 4.59. The van der Waals surface area contributed by atoms with E-state index in [0.717, 1.165) is 37.3 Å². The number of aliphatic hydroxyl groups is 1. The summed E-state index contributed by atoms with van der Waals surface area (Å²) in [6.45, 7) is 2.77. The molecule has 1 aromatic carbocycles. The van der Waals surface area contributed by atoms with Crippen LogP contribution in [0.25, 0.3) is 0 Å². The van der Waals surface area contributed by atoms with Crippen LogP contribution in [-0.4, -0.2) is 68.5 Å². The third-order valence-electron chi connectivity index (χ3n) is 9.34. The highest BCUT2D eigenvalue weighted by Crippen LogP contribution is 2.75. The predicted octanol–water partition coefficient (Wildman–Crippen LogP) is 2.27. The lowest BCUT2D eigenvalue weighted by atomic mass is 9.36. The Morgan fingerprint density at radius 3 is 2.73 bits per heavy atom. The van der Waals surface area contributed by atoms with Crippen LogP contribution < -0.4 is 9.47 Å². The first-order valence-electron chi connectivity index (χ1n) is 10.9. The minimum Gasteiger partial charge on any atom is -0.493 e. The van der Waals surface area contributed by atoms with Gasteiger partial charge in [0.2, 0.25) is 0 Å². The zero-order valence-electron chi connectivity index (χ0n) is 18.4. The molecule has 1 unspecified atom stereocenters. The van der Waals surface area contributed by atoms with E-state index < -0.39 is 11.4 Å². The maximum absolute atomic E-state index is 11.3. The fourth-order valence-corrected chi connectivity index (χ4v) is 7.96. The maximum atomic E-state index is 11.3. The Balaban J connectivity index is 1.69. The van der Waals surface area contributed by atoms with Gasteiger partial charge in [-0.25, -0.2) is 0 Å². The van der Waals surface area contributed by atoms with Gasteiger partial charge in [0, 0.05) is 37.2 Å². The number of benzene rings is 1. The third-order valence-corrected chi connectivity index (χ3v) is 9.34. The Bertz CT molecular complexity index is 959. The van der Waals surface area contributed by atoms with E-state index in [1.165, 1.54) is 11.1 Å². The molecule has 2 spiro atoms. The number of methoxy groups -OCH3 is 3. The summed E-state index contributed by atoms with van der Waals surface area (Å²) in [4.78, 5) is 2.50. The van der Waals surface area contributed by atoms with Crippen molar-refractivity contribution in [3.05, 3.63) is 35.4 Å². The van der Waals surface area contributed by atoms with E-state index >= 15 is 0 Å². The Morgan fingerprint density at radius 1 is 1.23 bits per heavy atom. The first kappa shape index (κ1) is 19.1. The zero-order valence-corrected chi connectivity index (χ0v) is 18.4. The molecule has 6 heteroatoms. The minimum absolute atomic E-state index is 0.150. The van der Waals surface area contributed by atoms with Gasteiger partial charge in [-0.3, -0.25) is 0 Å². The van der Waals surface area contributed by atoms with Gasteiger partial charge in [-0.05, 0) is 51.4 Å². The minimum atomic E-state index is -1.33. The van der Waals surface area contributed by atoms with Crippen LogP contribution in [0.4, 0.5) is 0 Å². The number of hydrogen-bond donors (Lipinski definition) is 1. The first-order valence-corrected chi connectivity index (χ1v) is 10.9. The second-order valence-corrected chi connectivity index (χ2v) is 10.00. The van der Waals surface area contributed by atoms with Crippen LogP contribution >= 0.6 is 0 Å². The van der Waals surface area contributed by atoms with Crippen molar-refractivity contribution >= 4 is 0 Å². The fraction of sp³-hybridized carbons (Fsp3) is 0.667. The van der Waals surface area contributed by atoms with Crippen molar-refractivity contribution in [1.82, 2.24) is 4.90 Å². The van der Waals surface area contributed by atoms with Gasteiger partial charge < -0.3 is 29.0 Å². The van der Waals surface area contributed by atoms with Crippen molar-refractivity contribution < 1.29 is 24.1 Å². The Morgan fingerprint density at radius 2 is 2.03 bits per heavy atom. The number of likely N-dealkylation sites (N-methyl/N-ethyl adjacent to an activating group) is 1. The SMILES string of the molecule is COc1ccc2c3c1O[C@H]1C4(OC)C=C[C@]5(C[C@@H]4[C@](C)(O)OC)[C@@H](C2)N(C)CC[C@]315. The lowest BCUT2D eigenvalue weighted by Crippen LogP contribution is -2.80. The molecule has 30 heavy (non-hydrogen) atoms. The summed E-state index contributed by atoms with van der Waals surface area (Å²) >= 11 is 0. The van der Waals surface area contributed by atoms with E-state index in [-0.39, 0.29) is 22.9 Å². The molecule has 2 fully saturated rings. The molecule has 6 aliphatic rings. The van der Waals surface area contributed by atoms with Gasteiger partial charge in [-0.2, -0.15) is 0 Å². The zero-order chi connectivity index (χ0) is 21.1. The van der Waals surface area contributed by atoms with Crippen LogP contribution in [0, 0.1) is 11.3 Å². The molecule has 1 saturated heterocycles. The van der Waals surface area contributed by atoms with Crippen molar-refractivity contribution in [1.29, 1.82) is 0 Å². The van der Waals surface area contributed by atoms with Gasteiger partial charge in [-0.15, -0.1) is 0 Å². The molecule has 0 radical (unpaired) electrons. The molecule has 4 aliphatic carbocycles. The largest absolute Gasteiger partial charge is 0.493 e. The Kier molecular flexibility index (Phi) is 3.57. The number of likely N-dealkylation sites (tertiary alicyclic amines) is 1. The van der Waals surface area contributed by atoms with Crippen molar-refractivity contribution in [2.75, 3.05) is 34.9 Å². The Hall–Kier alpha value is -1.60. The highest BCUT2D eigenvalue weighted by Gasteiger charge is 2.80. The third kappa shape index (κ3) is 1.76. The molecule has 7 atom stereocenters. The first-order chi connectivity index (χ1) is 14.3. The second kappa shape index (κ2) is 5.60. The summed E-state index contributed by atoms with van der Waals surface area (Å²) in [6.07, 6.45) is 7.09. The van der Waals surface area contributed by atoms with E-state index in [2.05, 4.69) is 30.2 Å². The van der Waals surface area contributed by atoms with Crippen molar-refractivity contribution in [3.63, 3.8) is 0 Å². The summed E-state index contributed by atoms with van der Waals surface area (Å²) in [5.41, 5.74) is 1.56. The molecular weight excluding hydrogens is 382 g/mol. The average molecular weight is 414 g/mol. The van der Waals surface area contributed by atoms with Crippen LogP contribution in [0.2, 0.25) is 0 Å². The molecule has 1 saturated carbocycles. The van der Waals surface area contributed by atoms with Gasteiger partial charge in [0.1, 0.15) is 11.7 Å². The summed E-state index contributed by atoms with van der Waals surface area (Å²) in [5, 5.41) is 11.3. The molecule has 6 nitrogen and oxygen atoms in total. The molecule has 4 bridgehead atoms. The van der Waals surface area contributed by atoms with Crippen LogP contribution in [0.3, 0.4) is 0 Å². The van der Waals surface area contributed by atoms with Gasteiger partial charge >= 0.3 is 0 Å². The highest BCUT2D eigenvalue weighted by atomic mass is 16.6. The van der Waals surface area contributed by atoms with Crippen LogP contribution in [0.15, 0.2) is 24.3 Å². The molecule has 0 amide bonds. The smallest absolute Gasteiger partial charge is 0.168 e. The standard InChI is InChI=1S/C24H31NO5/c1-21(26,28-4)16-13-22-8-9-24(16,29-5)20-23(22)10-11-25(2)17(22)12-14-6-7-15(27-3)19(30-20)18(14)23/h6-9,16-17,20,26H,10-13H2,1-5H3/t16-,17-,20-,21-,22+,23+,24?/m1/s1. The number of piperidine rings is 1. The van der Waals surface area contributed by atoms with Crippen LogP contribution in [-0.2, 0) is 21.3 Å². The predicted molar refractivity (Wildman–Crippen MR) is 111 cm³/mol. The monoisotopic (exact) mass is 413 g/mol. The lowest BCUT2D eigenvalue weighted by Gasteiger charge is -2.72. The topological polar surface area (TPSA) is 60.4 Å². The van der Waals surface area contributed by atoms with Crippen molar-refractivity contribution in [2.24, 2.45) is 11.3 Å². The number of rotatable bonds is 4. The lowest BCUT2D eigenvalue weighted by molar-refractivity contribution is -0.302. The number of ether oxygens (including phenoxy) is 4. The number of hydrogen-bond acceptors (Lipinski definition) is 6. The van der Waals surface area contributed by atoms with E-state index in [1.807, 2.05) is 6.07 Å². The second-order valence-electron chi connectivity index (χ2n) is 10.00. The van der Waals surface area contributed by atoms with Crippen LogP contribution in [0.5, 0.6) is 11.5 Å². The van der Waals surface area contributed by atoms with Gasteiger partial charge in [0.25, 0.3) is 0 Å². The van der Waals surface area contributed by atoms with Crippen molar-refractivity contribution in [3.8, 4) is 11.5 Å². The van der Waals surface area contributed by atoms with E-state index in [1.54, 1.807) is 28.3 Å². The number of fused-ring (bicyclic) bond motifs is 1. The highest BCUT2D eigenvalue weighted by molar-refractivity contribution is 5.65. The molecule has 2 heterocycles. The quantitative estimate of drug-likeness (QED) is 0.604. The molecule has 1 N–H and O–H groups in total. The summed E-state index contributed by atoms with van der Waals surface area (Å²) < 4.78 is 24.5. The normalized spacial score (nSPS) is 44.4. The molecule has 162 valence electrons.